The molecule has 0 aliphatic heterocycles. The average molecular weight is 362 g/mol. The van der Waals surface area contributed by atoms with Crippen molar-refractivity contribution in [3.05, 3.63) is 46.1 Å². The number of hydrogen-bond acceptors (Lipinski definition) is 2. The molecular weight excluding hydrogens is 342 g/mol. The number of carbonyl (C=O) groups excluding carboxylic acids is 1. The SMILES string of the molecule is CC/C=C(/C)C(=O)Nc1c(-c2ccc(Br)cc2)c(C)nn1C. The molecule has 0 aliphatic rings. The third-order valence-electron chi connectivity index (χ3n) is 3.46. The van der Waals surface area contributed by atoms with Gasteiger partial charge in [0.1, 0.15) is 5.82 Å². The van der Waals surface area contributed by atoms with Gasteiger partial charge in [-0.25, -0.2) is 0 Å². The van der Waals surface area contributed by atoms with E-state index in [-0.39, 0.29) is 5.91 Å². The van der Waals surface area contributed by atoms with Crippen molar-refractivity contribution in [2.24, 2.45) is 7.05 Å². The molecule has 1 N–H and O–H groups in total. The lowest BCUT2D eigenvalue weighted by molar-refractivity contribution is -0.112. The molecular formula is C17H20BrN3O. The van der Waals surface area contributed by atoms with Gasteiger partial charge in [-0.2, -0.15) is 5.10 Å². The fourth-order valence-corrected chi connectivity index (χ4v) is 2.63. The second-order valence-electron chi connectivity index (χ2n) is 5.19. The third kappa shape index (κ3) is 3.47. The fourth-order valence-electron chi connectivity index (χ4n) is 2.37. The second-order valence-corrected chi connectivity index (χ2v) is 6.10. The van der Waals surface area contributed by atoms with Crippen LogP contribution in [0.15, 0.2) is 40.4 Å². The van der Waals surface area contributed by atoms with Gasteiger partial charge in [-0.05, 0) is 38.0 Å². The van der Waals surface area contributed by atoms with E-state index >= 15 is 0 Å². The Bertz CT molecular complexity index is 714. The molecule has 2 rings (SSSR count). The van der Waals surface area contributed by atoms with Crippen LogP contribution in [-0.4, -0.2) is 15.7 Å². The van der Waals surface area contributed by atoms with Gasteiger partial charge in [-0.15, -0.1) is 0 Å². The highest BCUT2D eigenvalue weighted by Crippen LogP contribution is 2.32. The van der Waals surface area contributed by atoms with Crippen LogP contribution in [0.2, 0.25) is 0 Å². The summed E-state index contributed by atoms with van der Waals surface area (Å²) >= 11 is 3.44. The van der Waals surface area contributed by atoms with Crippen molar-refractivity contribution in [3.8, 4) is 11.1 Å². The van der Waals surface area contributed by atoms with Crippen LogP contribution in [0.5, 0.6) is 0 Å². The molecule has 1 heterocycles. The summed E-state index contributed by atoms with van der Waals surface area (Å²) < 4.78 is 2.73. The van der Waals surface area contributed by atoms with Gasteiger partial charge in [0, 0.05) is 22.7 Å². The number of anilines is 1. The average Bonchev–Trinajstić information content (AvgIpc) is 2.74. The summed E-state index contributed by atoms with van der Waals surface area (Å²) in [5.41, 5.74) is 3.58. The molecule has 22 heavy (non-hydrogen) atoms. The van der Waals surface area contributed by atoms with Gasteiger partial charge in [-0.1, -0.05) is 41.1 Å². The molecule has 4 nitrogen and oxygen atoms in total. The van der Waals surface area contributed by atoms with Gasteiger partial charge in [0.2, 0.25) is 0 Å². The molecule has 0 saturated carbocycles. The number of hydrogen-bond donors (Lipinski definition) is 1. The van der Waals surface area contributed by atoms with Gasteiger partial charge in [-0.3, -0.25) is 9.48 Å². The topological polar surface area (TPSA) is 46.9 Å². The van der Waals surface area contributed by atoms with Crippen LogP contribution < -0.4 is 5.32 Å². The highest BCUT2D eigenvalue weighted by molar-refractivity contribution is 9.10. The van der Waals surface area contributed by atoms with Gasteiger partial charge in [0.05, 0.1) is 5.69 Å². The summed E-state index contributed by atoms with van der Waals surface area (Å²) in [6.07, 6.45) is 2.75. The first-order valence-corrected chi connectivity index (χ1v) is 8.01. The molecule has 0 atom stereocenters. The highest BCUT2D eigenvalue weighted by atomic mass is 79.9. The maximum absolute atomic E-state index is 12.3. The molecule has 0 aliphatic carbocycles. The maximum Gasteiger partial charge on any atom is 0.252 e. The highest BCUT2D eigenvalue weighted by Gasteiger charge is 2.17. The van der Waals surface area contributed by atoms with E-state index in [1.807, 2.05) is 58.2 Å². The van der Waals surface area contributed by atoms with E-state index < -0.39 is 0 Å². The van der Waals surface area contributed by atoms with Crippen molar-refractivity contribution >= 4 is 27.7 Å². The van der Waals surface area contributed by atoms with Gasteiger partial charge in [0.25, 0.3) is 5.91 Å². The Morgan fingerprint density at radius 1 is 1.36 bits per heavy atom. The largest absolute Gasteiger partial charge is 0.307 e. The minimum absolute atomic E-state index is 0.0942. The van der Waals surface area contributed by atoms with Crippen molar-refractivity contribution in [1.29, 1.82) is 0 Å². The number of nitrogens with one attached hydrogen (secondary N) is 1. The lowest BCUT2D eigenvalue weighted by Gasteiger charge is -2.09. The Balaban J connectivity index is 2.42. The second kappa shape index (κ2) is 6.92. The Morgan fingerprint density at radius 3 is 2.59 bits per heavy atom. The van der Waals surface area contributed by atoms with Crippen LogP contribution in [0.4, 0.5) is 5.82 Å². The normalized spacial score (nSPS) is 11.6. The van der Waals surface area contributed by atoms with Crippen LogP contribution in [0.3, 0.4) is 0 Å². The Labute approximate surface area is 139 Å². The summed E-state index contributed by atoms with van der Waals surface area (Å²) in [5, 5.41) is 7.42. The van der Waals surface area contributed by atoms with Crippen molar-refractivity contribution in [2.45, 2.75) is 27.2 Å². The number of benzene rings is 1. The standard InChI is InChI=1S/C17H20BrN3O/c1-5-6-11(2)17(22)19-16-15(12(3)20-21(16)4)13-7-9-14(18)10-8-13/h6-10H,5H2,1-4H3,(H,19,22)/b11-6-. The molecule has 1 aromatic heterocycles. The maximum atomic E-state index is 12.3. The van der Waals surface area contributed by atoms with E-state index in [1.165, 1.54) is 0 Å². The smallest absolute Gasteiger partial charge is 0.252 e. The lowest BCUT2D eigenvalue weighted by atomic mass is 10.1. The first kappa shape index (κ1) is 16.5. The molecule has 5 heteroatoms. The Hall–Kier alpha value is -1.88. The van der Waals surface area contributed by atoms with Crippen molar-refractivity contribution < 1.29 is 4.79 Å². The summed E-state index contributed by atoms with van der Waals surface area (Å²) in [4.78, 5) is 12.3. The van der Waals surface area contributed by atoms with Crippen LogP contribution in [0.25, 0.3) is 11.1 Å². The minimum Gasteiger partial charge on any atom is -0.307 e. The number of halogens is 1. The molecule has 116 valence electrons. The van der Waals surface area contributed by atoms with Crippen LogP contribution in [0.1, 0.15) is 26.0 Å². The summed E-state index contributed by atoms with van der Waals surface area (Å²) in [7, 11) is 1.84. The first-order chi connectivity index (χ1) is 10.4. The predicted molar refractivity (Wildman–Crippen MR) is 93.8 cm³/mol. The number of amides is 1. The van der Waals surface area contributed by atoms with E-state index in [4.69, 9.17) is 0 Å². The number of nitrogens with zero attached hydrogens (tertiary/aromatic N) is 2. The molecule has 0 unspecified atom stereocenters. The molecule has 2 aromatic rings. The Kier molecular flexibility index (Phi) is 5.19. The number of rotatable bonds is 4. The molecule has 1 amide bonds. The Morgan fingerprint density at radius 2 is 2.00 bits per heavy atom. The summed E-state index contributed by atoms with van der Waals surface area (Å²) in [6.45, 7) is 5.78. The molecule has 1 aromatic carbocycles. The molecule has 0 bridgehead atoms. The van der Waals surface area contributed by atoms with E-state index in [0.717, 1.165) is 27.7 Å². The van der Waals surface area contributed by atoms with E-state index in [1.54, 1.807) is 4.68 Å². The third-order valence-corrected chi connectivity index (χ3v) is 3.98. The number of carbonyl (C=O) groups is 1. The molecule has 0 spiro atoms. The fraction of sp³-hybridized carbons (Fsp3) is 0.294. The number of allylic oxidation sites excluding steroid dienone is 1. The monoisotopic (exact) mass is 361 g/mol. The van der Waals surface area contributed by atoms with E-state index in [2.05, 4.69) is 26.3 Å². The van der Waals surface area contributed by atoms with E-state index in [9.17, 15) is 4.79 Å². The number of aryl methyl sites for hydroxylation is 2. The van der Waals surface area contributed by atoms with E-state index in [0.29, 0.717) is 11.4 Å². The zero-order valence-corrected chi connectivity index (χ0v) is 14.9. The van der Waals surface area contributed by atoms with Crippen molar-refractivity contribution in [3.63, 3.8) is 0 Å². The van der Waals surface area contributed by atoms with Gasteiger partial charge >= 0.3 is 0 Å². The number of aromatic nitrogens is 2. The lowest BCUT2D eigenvalue weighted by Crippen LogP contribution is -2.15. The predicted octanol–water partition coefficient (Wildman–Crippen LogP) is 4.45. The zero-order valence-electron chi connectivity index (χ0n) is 13.3. The minimum atomic E-state index is -0.0942. The molecule has 0 radical (unpaired) electrons. The van der Waals surface area contributed by atoms with Crippen molar-refractivity contribution in [2.75, 3.05) is 5.32 Å². The van der Waals surface area contributed by atoms with Crippen LogP contribution in [0, 0.1) is 6.92 Å². The molecule has 0 saturated heterocycles. The summed E-state index contributed by atoms with van der Waals surface area (Å²) in [6, 6.07) is 7.99. The molecule has 0 fully saturated rings. The summed E-state index contributed by atoms with van der Waals surface area (Å²) in [5.74, 6) is 0.622. The quantitative estimate of drug-likeness (QED) is 0.817. The first-order valence-electron chi connectivity index (χ1n) is 7.21. The van der Waals surface area contributed by atoms with Crippen LogP contribution >= 0.6 is 15.9 Å². The zero-order chi connectivity index (χ0) is 16.3. The van der Waals surface area contributed by atoms with Gasteiger partial charge in [0.15, 0.2) is 0 Å². The van der Waals surface area contributed by atoms with Gasteiger partial charge < -0.3 is 5.32 Å². The van der Waals surface area contributed by atoms with Crippen molar-refractivity contribution in [1.82, 2.24) is 9.78 Å². The van der Waals surface area contributed by atoms with Crippen LogP contribution in [-0.2, 0) is 11.8 Å².